The summed E-state index contributed by atoms with van der Waals surface area (Å²) < 4.78 is 0. The number of amides is 1. The van der Waals surface area contributed by atoms with Crippen LogP contribution in [-0.2, 0) is 4.79 Å². The zero-order chi connectivity index (χ0) is 10.5. The molecule has 0 bridgehead atoms. The van der Waals surface area contributed by atoms with Gasteiger partial charge in [-0.2, -0.15) is 11.8 Å². The molecule has 3 heteroatoms. The van der Waals surface area contributed by atoms with Crippen LogP contribution in [0.1, 0.15) is 32.1 Å². The van der Waals surface area contributed by atoms with Crippen LogP contribution in [0.3, 0.4) is 0 Å². The van der Waals surface area contributed by atoms with E-state index in [-0.39, 0.29) is 5.91 Å². The van der Waals surface area contributed by atoms with Crippen LogP contribution in [0, 0.1) is 5.92 Å². The maximum absolute atomic E-state index is 11.6. The van der Waals surface area contributed by atoms with E-state index in [0.717, 1.165) is 19.4 Å². The first-order valence-electron chi connectivity index (χ1n) is 5.89. The Hall–Kier alpha value is -0.440. The van der Waals surface area contributed by atoms with Gasteiger partial charge in [0.15, 0.2) is 0 Å². The number of nitrogens with one attached hydrogen (secondary N) is 1. The number of hydrogen-bond acceptors (Lipinski definition) is 2. The molecule has 0 aromatic rings. The van der Waals surface area contributed by atoms with Gasteiger partial charge in [0.05, 0.1) is 0 Å². The fourth-order valence-electron chi connectivity index (χ4n) is 2.21. The third kappa shape index (κ3) is 3.56. The number of carbonyl (C=O) groups is 1. The van der Waals surface area contributed by atoms with Gasteiger partial charge in [-0.15, -0.1) is 0 Å². The van der Waals surface area contributed by atoms with Crippen LogP contribution in [0.2, 0.25) is 0 Å². The van der Waals surface area contributed by atoms with Gasteiger partial charge in [-0.1, -0.05) is 12.2 Å². The van der Waals surface area contributed by atoms with Gasteiger partial charge in [0.25, 0.3) is 0 Å². The Bertz CT molecular complexity index is 246. The predicted octanol–water partition coefficient (Wildman–Crippen LogP) is 2.35. The van der Waals surface area contributed by atoms with Gasteiger partial charge < -0.3 is 5.32 Å². The molecule has 0 spiro atoms. The topological polar surface area (TPSA) is 29.1 Å². The van der Waals surface area contributed by atoms with Crippen molar-refractivity contribution in [3.05, 3.63) is 12.2 Å². The monoisotopic (exact) mass is 225 g/mol. The van der Waals surface area contributed by atoms with E-state index in [9.17, 15) is 4.79 Å². The SMILES string of the molecule is O=C(C[C@@H]1C=CCC1)NC[C@H]1CCCS1. The Morgan fingerprint density at radius 2 is 2.40 bits per heavy atom. The minimum absolute atomic E-state index is 0.235. The van der Waals surface area contributed by atoms with E-state index >= 15 is 0 Å². The minimum atomic E-state index is 0.235. The van der Waals surface area contributed by atoms with Gasteiger partial charge in [0.2, 0.25) is 5.91 Å². The van der Waals surface area contributed by atoms with E-state index in [2.05, 4.69) is 17.5 Å². The van der Waals surface area contributed by atoms with E-state index in [1.54, 1.807) is 0 Å². The first kappa shape index (κ1) is 11.1. The van der Waals surface area contributed by atoms with Crippen LogP contribution in [0.15, 0.2) is 12.2 Å². The van der Waals surface area contributed by atoms with Crippen LogP contribution in [0.5, 0.6) is 0 Å². The molecule has 1 heterocycles. The van der Waals surface area contributed by atoms with Gasteiger partial charge in [-0.05, 0) is 37.4 Å². The lowest BCUT2D eigenvalue weighted by Crippen LogP contribution is -2.30. The van der Waals surface area contributed by atoms with Gasteiger partial charge in [-0.25, -0.2) is 0 Å². The quantitative estimate of drug-likeness (QED) is 0.744. The number of allylic oxidation sites excluding steroid dienone is 2. The predicted molar refractivity (Wildman–Crippen MR) is 65.0 cm³/mol. The van der Waals surface area contributed by atoms with Crippen molar-refractivity contribution in [2.75, 3.05) is 12.3 Å². The average Bonchev–Trinajstić information content (AvgIpc) is 2.86. The van der Waals surface area contributed by atoms with Crippen LogP contribution < -0.4 is 5.32 Å². The molecule has 0 unspecified atom stereocenters. The molecule has 2 aliphatic rings. The number of carbonyl (C=O) groups excluding carboxylic acids is 1. The molecule has 2 atom stereocenters. The van der Waals surface area contributed by atoms with E-state index in [4.69, 9.17) is 0 Å². The average molecular weight is 225 g/mol. The third-order valence-electron chi connectivity index (χ3n) is 3.11. The Morgan fingerprint density at radius 3 is 3.07 bits per heavy atom. The van der Waals surface area contributed by atoms with Crippen molar-refractivity contribution in [1.82, 2.24) is 5.32 Å². The molecule has 2 nitrogen and oxygen atoms in total. The van der Waals surface area contributed by atoms with E-state index < -0.39 is 0 Å². The molecule has 1 saturated heterocycles. The van der Waals surface area contributed by atoms with Crippen molar-refractivity contribution in [1.29, 1.82) is 0 Å². The molecule has 1 fully saturated rings. The standard InChI is InChI=1S/C12H19NOS/c14-12(8-10-4-1-2-5-10)13-9-11-6-3-7-15-11/h1,4,10-11H,2-3,5-9H2,(H,13,14)/t10-,11-/m1/s1. The summed E-state index contributed by atoms with van der Waals surface area (Å²) in [6.45, 7) is 0.875. The van der Waals surface area contributed by atoms with E-state index in [1.807, 2.05) is 11.8 Å². The summed E-state index contributed by atoms with van der Waals surface area (Å²) in [5.74, 6) is 2.01. The highest BCUT2D eigenvalue weighted by Gasteiger charge is 2.18. The van der Waals surface area contributed by atoms with Gasteiger partial charge in [-0.3, -0.25) is 4.79 Å². The molecule has 2 rings (SSSR count). The molecule has 0 aromatic heterocycles. The first-order chi connectivity index (χ1) is 7.34. The smallest absolute Gasteiger partial charge is 0.220 e. The minimum Gasteiger partial charge on any atom is -0.355 e. The Labute approximate surface area is 95.9 Å². The second-order valence-corrected chi connectivity index (χ2v) is 5.82. The summed E-state index contributed by atoms with van der Waals surface area (Å²) >= 11 is 2.00. The van der Waals surface area contributed by atoms with Crippen molar-refractivity contribution in [2.24, 2.45) is 5.92 Å². The Morgan fingerprint density at radius 1 is 1.47 bits per heavy atom. The largest absolute Gasteiger partial charge is 0.355 e. The lowest BCUT2D eigenvalue weighted by atomic mass is 10.1. The zero-order valence-electron chi connectivity index (χ0n) is 9.08. The summed E-state index contributed by atoms with van der Waals surface area (Å²) in [4.78, 5) is 11.6. The van der Waals surface area contributed by atoms with Crippen LogP contribution in [0.25, 0.3) is 0 Å². The molecule has 1 aliphatic heterocycles. The fourth-order valence-corrected chi connectivity index (χ4v) is 3.41. The van der Waals surface area contributed by atoms with E-state index in [1.165, 1.54) is 18.6 Å². The third-order valence-corrected chi connectivity index (χ3v) is 4.51. The zero-order valence-corrected chi connectivity index (χ0v) is 9.89. The highest BCUT2D eigenvalue weighted by atomic mass is 32.2. The Balaban J connectivity index is 1.61. The summed E-state index contributed by atoms with van der Waals surface area (Å²) in [5.41, 5.74) is 0. The second kappa shape index (κ2) is 5.59. The maximum Gasteiger partial charge on any atom is 0.220 e. The molecule has 15 heavy (non-hydrogen) atoms. The van der Waals surface area contributed by atoms with Crippen molar-refractivity contribution in [2.45, 2.75) is 37.4 Å². The molecule has 1 N–H and O–H groups in total. The molecule has 0 aromatic carbocycles. The van der Waals surface area contributed by atoms with Crippen molar-refractivity contribution < 1.29 is 4.79 Å². The van der Waals surface area contributed by atoms with E-state index in [0.29, 0.717) is 17.6 Å². The van der Waals surface area contributed by atoms with Gasteiger partial charge in [0.1, 0.15) is 0 Å². The van der Waals surface area contributed by atoms with Crippen molar-refractivity contribution in [3.8, 4) is 0 Å². The lowest BCUT2D eigenvalue weighted by Gasteiger charge is -2.11. The highest BCUT2D eigenvalue weighted by Crippen LogP contribution is 2.25. The van der Waals surface area contributed by atoms with Crippen LogP contribution in [0.4, 0.5) is 0 Å². The normalized spacial score (nSPS) is 29.6. The molecule has 0 radical (unpaired) electrons. The van der Waals surface area contributed by atoms with Crippen molar-refractivity contribution >= 4 is 17.7 Å². The maximum atomic E-state index is 11.6. The number of hydrogen-bond donors (Lipinski definition) is 1. The molecular weight excluding hydrogens is 206 g/mol. The first-order valence-corrected chi connectivity index (χ1v) is 6.94. The molecular formula is C12H19NOS. The lowest BCUT2D eigenvalue weighted by molar-refractivity contribution is -0.121. The summed E-state index contributed by atoms with van der Waals surface area (Å²) in [7, 11) is 0. The summed E-state index contributed by atoms with van der Waals surface area (Å²) in [6, 6.07) is 0. The number of thioether (sulfide) groups is 1. The van der Waals surface area contributed by atoms with Gasteiger partial charge >= 0.3 is 0 Å². The molecule has 84 valence electrons. The van der Waals surface area contributed by atoms with Crippen LogP contribution >= 0.6 is 11.8 Å². The molecule has 1 amide bonds. The number of rotatable bonds is 4. The fraction of sp³-hybridized carbons (Fsp3) is 0.750. The summed E-state index contributed by atoms with van der Waals surface area (Å²) in [6.07, 6.45) is 9.95. The highest BCUT2D eigenvalue weighted by molar-refractivity contribution is 8.00. The molecule has 0 saturated carbocycles. The summed E-state index contributed by atoms with van der Waals surface area (Å²) in [5, 5.41) is 3.73. The van der Waals surface area contributed by atoms with Crippen LogP contribution in [-0.4, -0.2) is 23.5 Å². The Kier molecular flexibility index (Phi) is 4.12. The van der Waals surface area contributed by atoms with Gasteiger partial charge in [0, 0.05) is 18.2 Å². The molecule has 1 aliphatic carbocycles. The van der Waals surface area contributed by atoms with Crippen molar-refractivity contribution in [3.63, 3.8) is 0 Å². The second-order valence-electron chi connectivity index (χ2n) is 4.41.